The van der Waals surface area contributed by atoms with E-state index in [-0.39, 0.29) is 5.49 Å². The molecule has 4 heteroatoms. The van der Waals surface area contributed by atoms with E-state index in [1.54, 1.807) is 23.2 Å². The number of aromatic nitrogens is 2. The van der Waals surface area contributed by atoms with E-state index in [0.717, 1.165) is 5.69 Å². The Morgan fingerprint density at radius 3 is 2.64 bits per heavy atom. The van der Waals surface area contributed by atoms with E-state index in [9.17, 15) is 0 Å². The molecule has 0 radical (unpaired) electrons. The molecule has 0 aliphatic heterocycles. The second-order valence-electron chi connectivity index (χ2n) is 2.80. The van der Waals surface area contributed by atoms with Crippen molar-refractivity contribution in [2.75, 3.05) is 0 Å². The summed E-state index contributed by atoms with van der Waals surface area (Å²) in [5, 5.41) is 7.91. The van der Waals surface area contributed by atoms with Crippen LogP contribution in [0, 0.1) is 5.41 Å². The van der Waals surface area contributed by atoms with E-state index in [4.69, 9.17) is 17.0 Å². The van der Waals surface area contributed by atoms with Crippen LogP contribution in [-0.2, 0) is 0 Å². The van der Waals surface area contributed by atoms with E-state index in [0.29, 0.717) is 5.02 Å². The van der Waals surface area contributed by atoms with Crippen LogP contribution < -0.4 is 5.49 Å². The summed E-state index contributed by atoms with van der Waals surface area (Å²) in [6.07, 6.45) is 3.33. The normalized spacial score (nSPS) is 10.1. The smallest absolute Gasteiger partial charge is 0.147 e. The van der Waals surface area contributed by atoms with Gasteiger partial charge in [0, 0.05) is 6.20 Å². The maximum atomic E-state index is 7.25. The predicted molar refractivity (Wildman–Crippen MR) is 54.4 cm³/mol. The van der Waals surface area contributed by atoms with Gasteiger partial charge in [0.25, 0.3) is 0 Å². The van der Waals surface area contributed by atoms with E-state index in [2.05, 4.69) is 4.98 Å². The summed E-state index contributed by atoms with van der Waals surface area (Å²) in [6, 6.07) is 9.11. The van der Waals surface area contributed by atoms with E-state index in [1.807, 2.05) is 24.3 Å². The minimum atomic E-state index is 0.244. The van der Waals surface area contributed by atoms with Crippen molar-refractivity contribution >= 4 is 11.6 Å². The lowest BCUT2D eigenvalue weighted by atomic mass is 10.3. The maximum Gasteiger partial charge on any atom is 0.147 e. The molecule has 0 spiro atoms. The molecular formula is C10H8ClN3. The topological polar surface area (TPSA) is 41.7 Å². The Labute approximate surface area is 86.1 Å². The van der Waals surface area contributed by atoms with Gasteiger partial charge < -0.3 is 4.57 Å². The molecule has 0 saturated carbocycles. The SMILES string of the molecule is N=c1ccn(-c2ccccc2Cl)cn1. The third kappa shape index (κ3) is 1.67. The number of rotatable bonds is 1. The average Bonchev–Trinajstić information content (AvgIpc) is 2.20. The molecule has 0 fully saturated rings. The highest BCUT2D eigenvalue weighted by molar-refractivity contribution is 6.32. The van der Waals surface area contributed by atoms with Crippen LogP contribution in [0.5, 0.6) is 0 Å². The van der Waals surface area contributed by atoms with Crippen LogP contribution in [0.25, 0.3) is 5.69 Å². The molecule has 14 heavy (non-hydrogen) atoms. The van der Waals surface area contributed by atoms with Crippen molar-refractivity contribution in [1.82, 2.24) is 9.55 Å². The molecule has 0 aliphatic carbocycles. The molecule has 3 nitrogen and oxygen atoms in total. The maximum absolute atomic E-state index is 7.25. The first-order chi connectivity index (χ1) is 6.77. The molecule has 0 unspecified atom stereocenters. The average molecular weight is 206 g/mol. The predicted octanol–water partition coefficient (Wildman–Crippen LogP) is 2.01. The van der Waals surface area contributed by atoms with Gasteiger partial charge in [-0.05, 0) is 18.2 Å². The lowest BCUT2D eigenvalue weighted by molar-refractivity contribution is 0.933. The lowest BCUT2D eigenvalue weighted by Crippen LogP contribution is -2.07. The Bertz CT molecular complexity index is 484. The van der Waals surface area contributed by atoms with Gasteiger partial charge in [0.15, 0.2) is 0 Å². The monoisotopic (exact) mass is 205 g/mol. The van der Waals surface area contributed by atoms with Crippen LogP contribution in [0.1, 0.15) is 0 Å². The van der Waals surface area contributed by atoms with Gasteiger partial charge in [-0.25, -0.2) is 4.98 Å². The van der Waals surface area contributed by atoms with Crippen molar-refractivity contribution in [3.63, 3.8) is 0 Å². The van der Waals surface area contributed by atoms with Crippen molar-refractivity contribution in [1.29, 1.82) is 5.41 Å². The zero-order chi connectivity index (χ0) is 9.97. The van der Waals surface area contributed by atoms with Crippen molar-refractivity contribution < 1.29 is 0 Å². The van der Waals surface area contributed by atoms with Crippen LogP contribution in [0.15, 0.2) is 42.9 Å². The molecule has 0 bridgehead atoms. The molecule has 0 atom stereocenters. The highest BCUT2D eigenvalue weighted by Crippen LogP contribution is 2.18. The van der Waals surface area contributed by atoms with Crippen molar-refractivity contribution in [2.24, 2.45) is 0 Å². The van der Waals surface area contributed by atoms with Crippen molar-refractivity contribution in [3.05, 3.63) is 53.4 Å². The lowest BCUT2D eigenvalue weighted by Gasteiger charge is -2.06. The van der Waals surface area contributed by atoms with Gasteiger partial charge in [-0.1, -0.05) is 23.7 Å². The minimum absolute atomic E-state index is 0.244. The van der Waals surface area contributed by atoms with Gasteiger partial charge in [-0.3, -0.25) is 5.41 Å². The largest absolute Gasteiger partial charge is 0.306 e. The standard InChI is InChI=1S/C10H8ClN3/c11-8-3-1-2-4-9(8)14-6-5-10(12)13-7-14/h1-7,12H. The number of nitrogens with zero attached hydrogens (tertiary/aromatic N) is 2. The summed E-state index contributed by atoms with van der Waals surface area (Å²) in [6.45, 7) is 0. The van der Waals surface area contributed by atoms with Crippen molar-refractivity contribution in [2.45, 2.75) is 0 Å². The molecule has 0 saturated heterocycles. The van der Waals surface area contributed by atoms with Gasteiger partial charge in [0.05, 0.1) is 10.7 Å². The van der Waals surface area contributed by atoms with Gasteiger partial charge in [-0.2, -0.15) is 0 Å². The van der Waals surface area contributed by atoms with Gasteiger partial charge in [0.2, 0.25) is 0 Å². The third-order valence-electron chi connectivity index (χ3n) is 1.84. The van der Waals surface area contributed by atoms with Crippen LogP contribution >= 0.6 is 11.6 Å². The molecule has 2 rings (SSSR count). The summed E-state index contributed by atoms with van der Waals surface area (Å²) in [5.41, 5.74) is 1.11. The number of halogens is 1. The summed E-state index contributed by atoms with van der Waals surface area (Å²) < 4.78 is 1.78. The van der Waals surface area contributed by atoms with Crippen LogP contribution in [0.4, 0.5) is 0 Å². The summed E-state index contributed by atoms with van der Waals surface area (Å²) >= 11 is 6.00. The van der Waals surface area contributed by atoms with Crippen LogP contribution in [0.2, 0.25) is 5.02 Å². The molecule has 1 N–H and O–H groups in total. The fourth-order valence-corrected chi connectivity index (χ4v) is 1.39. The molecule has 70 valence electrons. The highest BCUT2D eigenvalue weighted by Gasteiger charge is 1.98. The fourth-order valence-electron chi connectivity index (χ4n) is 1.16. The zero-order valence-electron chi connectivity index (χ0n) is 7.31. The van der Waals surface area contributed by atoms with Crippen LogP contribution in [0.3, 0.4) is 0 Å². The Balaban J connectivity index is 2.55. The minimum Gasteiger partial charge on any atom is -0.306 e. The molecular weight excluding hydrogens is 198 g/mol. The molecule has 0 amide bonds. The number of nitrogens with one attached hydrogen (secondary N) is 1. The number of para-hydroxylation sites is 1. The van der Waals surface area contributed by atoms with Crippen LogP contribution in [-0.4, -0.2) is 9.55 Å². The molecule has 1 heterocycles. The van der Waals surface area contributed by atoms with Crippen molar-refractivity contribution in [3.8, 4) is 5.69 Å². The van der Waals surface area contributed by atoms with E-state index in [1.165, 1.54) is 0 Å². The van der Waals surface area contributed by atoms with Gasteiger partial charge in [0.1, 0.15) is 11.8 Å². The Kier molecular flexibility index (Phi) is 2.33. The molecule has 2 aromatic rings. The second-order valence-corrected chi connectivity index (χ2v) is 3.21. The highest BCUT2D eigenvalue weighted by atomic mass is 35.5. The molecule has 0 aliphatic rings. The van der Waals surface area contributed by atoms with Gasteiger partial charge in [-0.15, -0.1) is 0 Å². The summed E-state index contributed by atoms with van der Waals surface area (Å²) in [4.78, 5) is 3.87. The Morgan fingerprint density at radius 1 is 1.21 bits per heavy atom. The summed E-state index contributed by atoms with van der Waals surface area (Å²) in [7, 11) is 0. The zero-order valence-corrected chi connectivity index (χ0v) is 8.07. The molecule has 1 aromatic heterocycles. The number of hydrogen-bond acceptors (Lipinski definition) is 2. The first-order valence-corrected chi connectivity index (χ1v) is 4.49. The third-order valence-corrected chi connectivity index (χ3v) is 2.16. The Morgan fingerprint density at radius 2 is 2.00 bits per heavy atom. The molecule has 1 aromatic carbocycles. The van der Waals surface area contributed by atoms with Gasteiger partial charge >= 0.3 is 0 Å². The number of hydrogen-bond donors (Lipinski definition) is 1. The number of benzene rings is 1. The second kappa shape index (κ2) is 3.64. The first-order valence-electron chi connectivity index (χ1n) is 4.11. The van der Waals surface area contributed by atoms with E-state index >= 15 is 0 Å². The Hall–Kier alpha value is -1.61. The fraction of sp³-hybridized carbons (Fsp3) is 0. The first kappa shape index (κ1) is 8.97. The van der Waals surface area contributed by atoms with E-state index < -0.39 is 0 Å². The summed E-state index contributed by atoms with van der Waals surface area (Å²) in [5.74, 6) is 0. The quantitative estimate of drug-likeness (QED) is 0.760.